The van der Waals surface area contributed by atoms with Crippen LogP contribution in [0.1, 0.15) is 52.4 Å². The lowest BCUT2D eigenvalue weighted by Gasteiger charge is -2.18. The second-order valence-electron chi connectivity index (χ2n) is 5.89. The molecule has 0 amide bonds. The van der Waals surface area contributed by atoms with Crippen molar-refractivity contribution >= 4 is 5.71 Å². The molecule has 0 bridgehead atoms. The Labute approximate surface area is 110 Å². The van der Waals surface area contributed by atoms with Crippen molar-refractivity contribution in [3.8, 4) is 0 Å². The Morgan fingerprint density at radius 1 is 1.39 bits per heavy atom. The van der Waals surface area contributed by atoms with Gasteiger partial charge in [0.1, 0.15) is 6.33 Å². The topological polar surface area (TPSA) is 38.1 Å². The summed E-state index contributed by atoms with van der Waals surface area (Å²) in [6.07, 6.45) is 4.10. The average Bonchev–Trinajstić information content (AvgIpc) is 2.27. The van der Waals surface area contributed by atoms with Crippen LogP contribution in [-0.2, 0) is 5.41 Å². The summed E-state index contributed by atoms with van der Waals surface area (Å²) < 4.78 is 0. The standard InChI is InChI=1S/C15H23N3/c1-7-16-12(8-11(2)3)13-9-14(15(4,5)6)18-10-17-13/h7,9-11H,1,8H2,2-6H3/b16-12+. The molecule has 0 spiro atoms. The van der Waals surface area contributed by atoms with E-state index in [9.17, 15) is 0 Å². The van der Waals surface area contributed by atoms with Gasteiger partial charge in [-0.15, -0.1) is 0 Å². The van der Waals surface area contributed by atoms with Crippen LogP contribution in [0.3, 0.4) is 0 Å². The summed E-state index contributed by atoms with van der Waals surface area (Å²) in [5.74, 6) is 0.539. The van der Waals surface area contributed by atoms with Gasteiger partial charge in [-0.2, -0.15) is 0 Å². The zero-order valence-corrected chi connectivity index (χ0v) is 12.1. The van der Waals surface area contributed by atoms with Crippen LogP contribution in [-0.4, -0.2) is 15.7 Å². The van der Waals surface area contributed by atoms with Crippen LogP contribution in [0, 0.1) is 5.92 Å². The first kappa shape index (κ1) is 14.6. The first-order valence-corrected chi connectivity index (χ1v) is 6.35. The van der Waals surface area contributed by atoms with Crippen LogP contribution in [0.5, 0.6) is 0 Å². The SMILES string of the molecule is C=C/N=C(\CC(C)C)c1cc(C(C)(C)C)ncn1. The van der Waals surface area contributed by atoms with Gasteiger partial charge in [-0.1, -0.05) is 41.2 Å². The van der Waals surface area contributed by atoms with Crippen molar-refractivity contribution < 1.29 is 0 Å². The minimum absolute atomic E-state index is 0.0226. The molecular weight excluding hydrogens is 222 g/mol. The molecule has 1 aromatic heterocycles. The Balaban J connectivity index is 3.14. The van der Waals surface area contributed by atoms with E-state index >= 15 is 0 Å². The van der Waals surface area contributed by atoms with E-state index in [0.717, 1.165) is 23.5 Å². The van der Waals surface area contributed by atoms with E-state index in [-0.39, 0.29) is 5.41 Å². The van der Waals surface area contributed by atoms with E-state index in [1.807, 2.05) is 6.07 Å². The molecular formula is C15H23N3. The molecule has 3 heteroatoms. The van der Waals surface area contributed by atoms with Crippen molar-refractivity contribution in [1.82, 2.24) is 9.97 Å². The van der Waals surface area contributed by atoms with E-state index < -0.39 is 0 Å². The lowest BCUT2D eigenvalue weighted by Crippen LogP contribution is -2.16. The van der Waals surface area contributed by atoms with Crippen molar-refractivity contribution in [2.24, 2.45) is 10.9 Å². The minimum atomic E-state index is 0.0226. The van der Waals surface area contributed by atoms with Crippen molar-refractivity contribution in [2.75, 3.05) is 0 Å². The Hall–Kier alpha value is -1.51. The smallest absolute Gasteiger partial charge is 0.116 e. The van der Waals surface area contributed by atoms with Gasteiger partial charge in [0.15, 0.2) is 0 Å². The summed E-state index contributed by atoms with van der Waals surface area (Å²) in [6.45, 7) is 14.4. The molecule has 0 radical (unpaired) electrons. The monoisotopic (exact) mass is 245 g/mol. The highest BCUT2D eigenvalue weighted by Gasteiger charge is 2.17. The molecule has 1 aromatic rings. The fourth-order valence-corrected chi connectivity index (χ4v) is 1.65. The maximum absolute atomic E-state index is 4.35. The Morgan fingerprint density at radius 3 is 2.56 bits per heavy atom. The van der Waals surface area contributed by atoms with Crippen LogP contribution in [0.4, 0.5) is 0 Å². The third-order valence-electron chi connectivity index (χ3n) is 2.58. The van der Waals surface area contributed by atoms with Crippen molar-refractivity contribution in [3.05, 3.63) is 36.6 Å². The molecule has 18 heavy (non-hydrogen) atoms. The lowest BCUT2D eigenvalue weighted by atomic mass is 9.91. The number of aliphatic imine (C=N–C) groups is 1. The zero-order valence-electron chi connectivity index (χ0n) is 12.1. The fourth-order valence-electron chi connectivity index (χ4n) is 1.65. The summed E-state index contributed by atoms with van der Waals surface area (Å²) in [6, 6.07) is 2.03. The second kappa shape index (κ2) is 5.89. The summed E-state index contributed by atoms with van der Waals surface area (Å²) >= 11 is 0. The van der Waals surface area contributed by atoms with Crippen LogP contribution in [0.25, 0.3) is 0 Å². The quantitative estimate of drug-likeness (QED) is 0.758. The minimum Gasteiger partial charge on any atom is -0.260 e. The molecule has 0 saturated heterocycles. The van der Waals surface area contributed by atoms with E-state index in [4.69, 9.17) is 0 Å². The van der Waals surface area contributed by atoms with E-state index in [0.29, 0.717) is 5.92 Å². The normalized spacial score (nSPS) is 12.9. The van der Waals surface area contributed by atoms with Gasteiger partial charge in [0.05, 0.1) is 11.4 Å². The third-order valence-corrected chi connectivity index (χ3v) is 2.58. The van der Waals surface area contributed by atoms with Crippen LogP contribution in [0.15, 0.2) is 30.2 Å². The van der Waals surface area contributed by atoms with Gasteiger partial charge < -0.3 is 0 Å². The molecule has 1 heterocycles. The number of nitrogens with zero attached hydrogens (tertiary/aromatic N) is 3. The molecule has 0 aliphatic heterocycles. The third kappa shape index (κ3) is 4.06. The van der Waals surface area contributed by atoms with Crippen LogP contribution >= 0.6 is 0 Å². The molecule has 0 aromatic carbocycles. The molecule has 0 atom stereocenters. The molecule has 0 N–H and O–H groups in total. The number of rotatable bonds is 4. The Kier molecular flexibility index (Phi) is 4.76. The van der Waals surface area contributed by atoms with E-state index in [1.165, 1.54) is 0 Å². The molecule has 98 valence electrons. The van der Waals surface area contributed by atoms with Gasteiger partial charge in [0.2, 0.25) is 0 Å². The highest BCUT2D eigenvalue weighted by Crippen LogP contribution is 2.20. The lowest BCUT2D eigenvalue weighted by molar-refractivity contribution is 0.566. The fraction of sp³-hybridized carbons (Fsp3) is 0.533. The van der Waals surface area contributed by atoms with Gasteiger partial charge in [-0.25, -0.2) is 9.97 Å². The summed E-state index contributed by atoms with van der Waals surface area (Å²) in [5, 5.41) is 0. The molecule has 0 aliphatic rings. The van der Waals surface area contributed by atoms with Crippen LogP contribution < -0.4 is 0 Å². The maximum Gasteiger partial charge on any atom is 0.116 e. The molecule has 0 aliphatic carbocycles. The number of hydrogen-bond donors (Lipinski definition) is 0. The van der Waals surface area contributed by atoms with Gasteiger partial charge >= 0.3 is 0 Å². The molecule has 0 fully saturated rings. The van der Waals surface area contributed by atoms with Crippen LogP contribution in [0.2, 0.25) is 0 Å². The maximum atomic E-state index is 4.35. The molecule has 3 nitrogen and oxygen atoms in total. The van der Waals surface area contributed by atoms with Gasteiger partial charge in [-0.05, 0) is 18.4 Å². The second-order valence-corrected chi connectivity index (χ2v) is 5.89. The van der Waals surface area contributed by atoms with E-state index in [2.05, 4.69) is 56.2 Å². The molecule has 0 saturated carbocycles. The summed E-state index contributed by atoms with van der Waals surface area (Å²) in [7, 11) is 0. The Bertz CT molecular complexity index is 439. The highest BCUT2D eigenvalue weighted by molar-refractivity contribution is 5.99. The van der Waals surface area contributed by atoms with Crippen molar-refractivity contribution in [1.29, 1.82) is 0 Å². The first-order valence-electron chi connectivity index (χ1n) is 6.35. The highest BCUT2D eigenvalue weighted by atomic mass is 14.9. The van der Waals surface area contributed by atoms with E-state index in [1.54, 1.807) is 12.5 Å². The average molecular weight is 245 g/mol. The van der Waals surface area contributed by atoms with Gasteiger partial charge in [0.25, 0.3) is 0 Å². The van der Waals surface area contributed by atoms with Crippen molar-refractivity contribution in [3.63, 3.8) is 0 Å². The number of hydrogen-bond acceptors (Lipinski definition) is 3. The molecule has 0 unspecified atom stereocenters. The largest absolute Gasteiger partial charge is 0.260 e. The first-order chi connectivity index (χ1) is 8.34. The van der Waals surface area contributed by atoms with Crippen molar-refractivity contribution in [2.45, 2.75) is 46.5 Å². The van der Waals surface area contributed by atoms with Gasteiger partial charge in [-0.3, -0.25) is 4.99 Å². The predicted molar refractivity (Wildman–Crippen MR) is 76.9 cm³/mol. The Morgan fingerprint density at radius 2 is 2.06 bits per heavy atom. The number of aromatic nitrogens is 2. The van der Waals surface area contributed by atoms with Gasteiger partial charge in [0, 0.05) is 17.3 Å². The molecule has 1 rings (SSSR count). The zero-order chi connectivity index (χ0) is 13.8. The summed E-state index contributed by atoms with van der Waals surface area (Å²) in [4.78, 5) is 13.0. The predicted octanol–water partition coefficient (Wildman–Crippen LogP) is 3.75. The summed E-state index contributed by atoms with van der Waals surface area (Å²) in [5.41, 5.74) is 2.94.